The molecule has 22 heavy (non-hydrogen) atoms. The van der Waals surface area contributed by atoms with Crippen molar-refractivity contribution in [1.82, 2.24) is 19.7 Å². The minimum Gasteiger partial charge on any atom is -0.480 e. The van der Waals surface area contributed by atoms with Crippen molar-refractivity contribution in [3.63, 3.8) is 0 Å². The number of carboxylic acid groups (broad SMARTS) is 1. The number of nitrogens with zero attached hydrogens (tertiary/aromatic N) is 4. The summed E-state index contributed by atoms with van der Waals surface area (Å²) in [6.07, 6.45) is 3.96. The van der Waals surface area contributed by atoms with E-state index in [1.165, 1.54) is 4.90 Å². The number of amides is 1. The van der Waals surface area contributed by atoms with E-state index in [0.29, 0.717) is 30.2 Å². The van der Waals surface area contributed by atoms with Gasteiger partial charge in [-0.2, -0.15) is 5.10 Å². The number of carboxylic acids is 1. The number of hydrogen-bond acceptors (Lipinski definition) is 5. The van der Waals surface area contributed by atoms with Crippen LogP contribution in [-0.4, -0.2) is 49.7 Å². The Bertz CT molecular complexity index is 689. The summed E-state index contributed by atoms with van der Waals surface area (Å²) in [5.74, 6) is -0.855. The van der Waals surface area contributed by atoms with Gasteiger partial charge in [-0.25, -0.2) is 4.98 Å². The predicted molar refractivity (Wildman–Crippen MR) is 77.3 cm³/mol. The molecule has 2 aromatic heterocycles. The SMILES string of the molecule is CCCN(CC(=O)O)C(=O)c1nc(-c2cnn(C)c2)oc1C. The molecule has 1 amide bonds. The van der Waals surface area contributed by atoms with Crippen molar-refractivity contribution in [2.45, 2.75) is 20.3 Å². The first kappa shape index (κ1) is 15.7. The molecule has 0 aliphatic heterocycles. The fourth-order valence-electron chi connectivity index (χ4n) is 2.09. The Morgan fingerprint density at radius 1 is 1.45 bits per heavy atom. The molecule has 0 aliphatic carbocycles. The van der Waals surface area contributed by atoms with E-state index >= 15 is 0 Å². The average Bonchev–Trinajstić information content (AvgIpc) is 3.03. The van der Waals surface area contributed by atoms with E-state index < -0.39 is 11.9 Å². The molecule has 0 bridgehead atoms. The Kier molecular flexibility index (Phi) is 4.59. The van der Waals surface area contributed by atoms with Gasteiger partial charge >= 0.3 is 5.97 Å². The Morgan fingerprint density at radius 2 is 2.18 bits per heavy atom. The maximum atomic E-state index is 12.5. The molecular weight excluding hydrogens is 288 g/mol. The highest BCUT2D eigenvalue weighted by Gasteiger charge is 2.24. The highest BCUT2D eigenvalue weighted by atomic mass is 16.4. The maximum absolute atomic E-state index is 12.5. The second-order valence-electron chi connectivity index (χ2n) is 4.95. The van der Waals surface area contributed by atoms with Crippen molar-refractivity contribution in [1.29, 1.82) is 0 Å². The summed E-state index contributed by atoms with van der Waals surface area (Å²) in [6.45, 7) is 3.49. The number of carbonyl (C=O) groups is 2. The van der Waals surface area contributed by atoms with Crippen LogP contribution < -0.4 is 0 Å². The lowest BCUT2D eigenvalue weighted by molar-refractivity contribution is -0.137. The Labute approximate surface area is 127 Å². The number of aromatic nitrogens is 3. The second-order valence-corrected chi connectivity index (χ2v) is 4.95. The third-order valence-electron chi connectivity index (χ3n) is 3.06. The zero-order valence-electron chi connectivity index (χ0n) is 12.7. The number of aryl methyl sites for hydroxylation is 2. The quantitative estimate of drug-likeness (QED) is 0.863. The van der Waals surface area contributed by atoms with Crippen LogP contribution in [0.15, 0.2) is 16.8 Å². The number of carbonyl (C=O) groups excluding carboxylic acids is 1. The van der Waals surface area contributed by atoms with Crippen LogP contribution in [0.25, 0.3) is 11.5 Å². The van der Waals surface area contributed by atoms with Crippen LogP contribution in [0.1, 0.15) is 29.6 Å². The van der Waals surface area contributed by atoms with Gasteiger partial charge in [0.1, 0.15) is 12.3 Å². The third-order valence-corrected chi connectivity index (χ3v) is 3.06. The van der Waals surface area contributed by atoms with Crippen molar-refractivity contribution in [2.75, 3.05) is 13.1 Å². The van der Waals surface area contributed by atoms with Crippen molar-refractivity contribution in [2.24, 2.45) is 7.05 Å². The molecule has 1 N–H and O–H groups in total. The molecule has 2 aromatic rings. The van der Waals surface area contributed by atoms with Gasteiger partial charge in [0.05, 0.1) is 11.8 Å². The van der Waals surface area contributed by atoms with Gasteiger partial charge in [-0.15, -0.1) is 0 Å². The van der Waals surface area contributed by atoms with E-state index in [0.717, 1.165) is 0 Å². The molecule has 0 aliphatic rings. The van der Waals surface area contributed by atoms with Crippen LogP contribution in [0.2, 0.25) is 0 Å². The highest BCUT2D eigenvalue weighted by molar-refractivity contribution is 5.95. The zero-order valence-corrected chi connectivity index (χ0v) is 12.7. The largest absolute Gasteiger partial charge is 0.480 e. The van der Waals surface area contributed by atoms with Crippen molar-refractivity contribution >= 4 is 11.9 Å². The molecule has 2 heterocycles. The van der Waals surface area contributed by atoms with Crippen LogP contribution in [0.5, 0.6) is 0 Å². The minimum atomic E-state index is -1.06. The maximum Gasteiger partial charge on any atom is 0.323 e. The van der Waals surface area contributed by atoms with Gasteiger partial charge in [0.15, 0.2) is 5.69 Å². The van der Waals surface area contributed by atoms with E-state index in [4.69, 9.17) is 9.52 Å². The van der Waals surface area contributed by atoms with Crippen molar-refractivity contribution < 1.29 is 19.1 Å². The van der Waals surface area contributed by atoms with E-state index in [1.807, 2.05) is 6.92 Å². The lowest BCUT2D eigenvalue weighted by Gasteiger charge is -2.18. The molecule has 8 nitrogen and oxygen atoms in total. The summed E-state index contributed by atoms with van der Waals surface area (Å²) in [7, 11) is 1.77. The minimum absolute atomic E-state index is 0.133. The molecule has 0 saturated heterocycles. The Balaban J connectivity index is 2.29. The van der Waals surface area contributed by atoms with Gasteiger partial charge < -0.3 is 14.4 Å². The van der Waals surface area contributed by atoms with Gasteiger partial charge in [-0.05, 0) is 13.3 Å². The van der Waals surface area contributed by atoms with Gasteiger partial charge in [-0.3, -0.25) is 14.3 Å². The number of rotatable bonds is 6. The smallest absolute Gasteiger partial charge is 0.323 e. The molecule has 0 atom stereocenters. The molecule has 0 radical (unpaired) electrons. The third kappa shape index (κ3) is 3.33. The van der Waals surface area contributed by atoms with Gasteiger partial charge in [0.2, 0.25) is 5.89 Å². The van der Waals surface area contributed by atoms with Crippen LogP contribution in [-0.2, 0) is 11.8 Å². The number of oxazole rings is 1. The summed E-state index contributed by atoms with van der Waals surface area (Å²) in [5, 5.41) is 12.9. The first-order chi connectivity index (χ1) is 10.4. The molecule has 0 spiro atoms. The Hall–Kier alpha value is -2.64. The normalized spacial score (nSPS) is 10.7. The first-order valence-corrected chi connectivity index (χ1v) is 6.90. The molecule has 0 saturated carbocycles. The van der Waals surface area contributed by atoms with Crippen LogP contribution in [0.3, 0.4) is 0 Å². The van der Waals surface area contributed by atoms with Crippen molar-refractivity contribution in [3.05, 3.63) is 23.8 Å². The van der Waals surface area contributed by atoms with Gasteiger partial charge in [-0.1, -0.05) is 6.92 Å². The molecule has 8 heteroatoms. The number of hydrogen-bond donors (Lipinski definition) is 1. The summed E-state index contributed by atoms with van der Waals surface area (Å²) < 4.78 is 7.11. The summed E-state index contributed by atoms with van der Waals surface area (Å²) >= 11 is 0. The molecule has 118 valence electrons. The van der Waals surface area contributed by atoms with Crippen LogP contribution in [0, 0.1) is 6.92 Å². The molecule has 0 fully saturated rings. The zero-order chi connectivity index (χ0) is 16.3. The summed E-state index contributed by atoms with van der Waals surface area (Å²) in [5.41, 5.74) is 0.790. The van der Waals surface area contributed by atoms with Gasteiger partial charge in [0, 0.05) is 19.8 Å². The van der Waals surface area contributed by atoms with E-state index in [2.05, 4.69) is 10.1 Å². The summed E-state index contributed by atoms with van der Waals surface area (Å²) in [4.78, 5) is 28.8. The Morgan fingerprint density at radius 3 is 2.73 bits per heavy atom. The second kappa shape index (κ2) is 6.42. The standard InChI is InChI=1S/C14H18N4O4/c1-4-5-18(8-11(19)20)14(21)12-9(2)22-13(16-12)10-6-15-17(3)7-10/h6-7H,4-5,8H2,1-3H3,(H,19,20). The van der Waals surface area contributed by atoms with Gasteiger partial charge in [0.25, 0.3) is 5.91 Å². The predicted octanol–water partition coefficient (Wildman–Crippen LogP) is 1.32. The van der Waals surface area contributed by atoms with E-state index in [9.17, 15) is 9.59 Å². The van der Waals surface area contributed by atoms with Crippen molar-refractivity contribution in [3.8, 4) is 11.5 Å². The fourth-order valence-corrected chi connectivity index (χ4v) is 2.09. The summed E-state index contributed by atoms with van der Waals surface area (Å²) in [6, 6.07) is 0. The monoisotopic (exact) mass is 306 g/mol. The molecule has 0 aromatic carbocycles. The van der Waals surface area contributed by atoms with Crippen LogP contribution in [0.4, 0.5) is 0 Å². The fraction of sp³-hybridized carbons (Fsp3) is 0.429. The first-order valence-electron chi connectivity index (χ1n) is 6.90. The van der Waals surface area contributed by atoms with E-state index in [-0.39, 0.29) is 12.2 Å². The molecule has 0 unspecified atom stereocenters. The highest BCUT2D eigenvalue weighted by Crippen LogP contribution is 2.22. The topological polar surface area (TPSA) is 101 Å². The molecule has 2 rings (SSSR count). The van der Waals surface area contributed by atoms with Crippen LogP contribution >= 0.6 is 0 Å². The van der Waals surface area contributed by atoms with E-state index in [1.54, 1.807) is 31.0 Å². The number of aliphatic carboxylic acids is 1. The lowest BCUT2D eigenvalue weighted by atomic mass is 10.3. The average molecular weight is 306 g/mol. The molecular formula is C14H18N4O4. The lowest BCUT2D eigenvalue weighted by Crippen LogP contribution is -2.36.